The number of hydrogen-bond donors (Lipinski definition) is 3. The van der Waals surface area contributed by atoms with Gasteiger partial charge in [0.2, 0.25) is 5.91 Å². The summed E-state index contributed by atoms with van der Waals surface area (Å²) in [5, 5.41) is 5.40. The van der Waals surface area contributed by atoms with Gasteiger partial charge in [0.1, 0.15) is 6.04 Å². The van der Waals surface area contributed by atoms with Crippen molar-refractivity contribution in [2.45, 2.75) is 26.8 Å². The predicted molar refractivity (Wildman–Crippen MR) is 101 cm³/mol. The number of nitrogens with two attached hydrogens (primary N) is 1. The first-order chi connectivity index (χ1) is 11.8. The monoisotopic (exact) mass is 347 g/mol. The number of urea groups is 1. The second-order valence-electron chi connectivity index (χ2n) is 7.01. The number of piperazine rings is 1. The minimum atomic E-state index is -0.698. The molecule has 1 heterocycles. The number of primary amides is 1. The second-order valence-corrected chi connectivity index (χ2v) is 7.01. The molecule has 1 aromatic carbocycles. The van der Waals surface area contributed by atoms with Gasteiger partial charge in [-0.25, -0.2) is 4.79 Å². The highest BCUT2D eigenvalue weighted by Gasteiger charge is 2.24. The van der Waals surface area contributed by atoms with E-state index in [1.165, 1.54) is 5.69 Å². The number of amides is 3. The molecule has 4 N–H and O–H groups in total. The Kier molecular flexibility index (Phi) is 6.25. The molecule has 0 unspecified atom stereocenters. The van der Waals surface area contributed by atoms with E-state index >= 15 is 0 Å². The lowest BCUT2D eigenvalue weighted by Gasteiger charge is -2.34. The van der Waals surface area contributed by atoms with E-state index < -0.39 is 12.1 Å². The van der Waals surface area contributed by atoms with Crippen LogP contribution >= 0.6 is 0 Å². The zero-order valence-corrected chi connectivity index (χ0v) is 15.5. The molecular weight excluding hydrogens is 318 g/mol. The number of likely N-dealkylation sites (N-methyl/N-ethyl adjacent to an activating group) is 1. The van der Waals surface area contributed by atoms with Crippen LogP contribution in [-0.2, 0) is 4.79 Å². The summed E-state index contributed by atoms with van der Waals surface area (Å²) in [7, 11) is 2.13. The summed E-state index contributed by atoms with van der Waals surface area (Å²) < 4.78 is 0. The molecule has 1 aromatic rings. The van der Waals surface area contributed by atoms with Crippen LogP contribution in [0.1, 0.15) is 19.4 Å². The summed E-state index contributed by atoms with van der Waals surface area (Å²) in [6.07, 6.45) is 0. The lowest BCUT2D eigenvalue weighted by atomic mass is 10.0. The van der Waals surface area contributed by atoms with Crippen molar-refractivity contribution in [3.8, 4) is 0 Å². The van der Waals surface area contributed by atoms with Crippen LogP contribution in [0.15, 0.2) is 18.2 Å². The smallest absolute Gasteiger partial charge is 0.312 e. The van der Waals surface area contributed by atoms with Gasteiger partial charge in [0.15, 0.2) is 0 Å². The Morgan fingerprint density at radius 1 is 1.16 bits per heavy atom. The number of carbonyl (C=O) groups excluding carboxylic acids is 2. The summed E-state index contributed by atoms with van der Waals surface area (Å²) in [5.74, 6) is -0.318. The maximum atomic E-state index is 12.5. The fourth-order valence-corrected chi connectivity index (χ4v) is 2.95. The molecule has 1 fully saturated rings. The van der Waals surface area contributed by atoms with E-state index in [0.29, 0.717) is 0 Å². The van der Waals surface area contributed by atoms with Gasteiger partial charge in [-0.3, -0.25) is 4.79 Å². The Hall–Kier alpha value is -2.28. The second kappa shape index (κ2) is 8.20. The van der Waals surface area contributed by atoms with Crippen molar-refractivity contribution >= 4 is 23.3 Å². The predicted octanol–water partition coefficient (Wildman–Crippen LogP) is 1.38. The molecule has 7 nitrogen and oxygen atoms in total. The van der Waals surface area contributed by atoms with E-state index in [4.69, 9.17) is 5.73 Å². The van der Waals surface area contributed by atoms with Crippen LogP contribution in [0.5, 0.6) is 0 Å². The summed E-state index contributed by atoms with van der Waals surface area (Å²) in [4.78, 5) is 28.2. The lowest BCUT2D eigenvalue weighted by Crippen LogP contribution is -2.49. The number of benzene rings is 1. The Morgan fingerprint density at radius 3 is 2.32 bits per heavy atom. The standard InChI is InChI=1S/C18H29N5O2/c1-12(2)16(21-18(19)25)17(24)20-15-6-5-14(11-13(15)3)23-9-7-22(4)8-10-23/h5-6,11-12,16H,7-10H2,1-4H3,(H,20,24)(H3,19,21,25)/t16-/m0/s1. The first-order valence-electron chi connectivity index (χ1n) is 8.69. The lowest BCUT2D eigenvalue weighted by molar-refractivity contribution is -0.118. The van der Waals surface area contributed by atoms with E-state index in [-0.39, 0.29) is 11.8 Å². The van der Waals surface area contributed by atoms with Crippen molar-refractivity contribution in [3.05, 3.63) is 23.8 Å². The quantitative estimate of drug-likeness (QED) is 0.750. The maximum absolute atomic E-state index is 12.5. The van der Waals surface area contributed by atoms with Gasteiger partial charge in [-0.1, -0.05) is 13.8 Å². The molecule has 1 saturated heterocycles. The van der Waals surface area contributed by atoms with Gasteiger partial charge >= 0.3 is 6.03 Å². The molecule has 25 heavy (non-hydrogen) atoms. The summed E-state index contributed by atoms with van der Waals surface area (Å²) in [5.41, 5.74) is 8.07. The molecule has 0 aliphatic carbocycles. The third kappa shape index (κ3) is 5.09. The van der Waals surface area contributed by atoms with Gasteiger partial charge in [0.05, 0.1) is 0 Å². The van der Waals surface area contributed by atoms with Gasteiger partial charge in [0.25, 0.3) is 0 Å². The molecule has 1 aliphatic rings. The minimum Gasteiger partial charge on any atom is -0.369 e. The Labute approximate surface area is 149 Å². The largest absolute Gasteiger partial charge is 0.369 e. The van der Waals surface area contributed by atoms with Crippen molar-refractivity contribution in [3.63, 3.8) is 0 Å². The first kappa shape index (κ1) is 19.1. The molecule has 138 valence electrons. The number of nitrogens with zero attached hydrogens (tertiary/aromatic N) is 2. The fourth-order valence-electron chi connectivity index (χ4n) is 2.95. The first-order valence-corrected chi connectivity index (χ1v) is 8.69. The summed E-state index contributed by atoms with van der Waals surface area (Å²) in [6.45, 7) is 9.80. The highest BCUT2D eigenvalue weighted by Crippen LogP contribution is 2.24. The van der Waals surface area contributed by atoms with Crippen LogP contribution in [0.3, 0.4) is 0 Å². The Balaban J connectivity index is 2.07. The average molecular weight is 347 g/mol. The number of hydrogen-bond acceptors (Lipinski definition) is 4. The number of rotatable bonds is 5. The summed E-state index contributed by atoms with van der Waals surface area (Å²) >= 11 is 0. The number of nitrogens with one attached hydrogen (secondary N) is 2. The van der Waals surface area contributed by atoms with Crippen LogP contribution in [0, 0.1) is 12.8 Å². The highest BCUT2D eigenvalue weighted by molar-refractivity contribution is 5.97. The van der Waals surface area contributed by atoms with E-state index in [1.807, 2.05) is 32.9 Å². The van der Waals surface area contributed by atoms with Crippen molar-refractivity contribution in [1.29, 1.82) is 0 Å². The molecule has 1 aliphatic heterocycles. The van der Waals surface area contributed by atoms with Crippen molar-refractivity contribution in [2.24, 2.45) is 11.7 Å². The zero-order valence-electron chi connectivity index (χ0n) is 15.5. The van der Waals surface area contributed by atoms with Crippen LogP contribution in [0.2, 0.25) is 0 Å². The third-order valence-corrected chi connectivity index (χ3v) is 4.58. The third-order valence-electron chi connectivity index (χ3n) is 4.58. The van der Waals surface area contributed by atoms with Crippen molar-refractivity contribution < 1.29 is 9.59 Å². The summed E-state index contributed by atoms with van der Waals surface area (Å²) in [6, 6.07) is 4.68. The van der Waals surface area contributed by atoms with Gasteiger partial charge in [-0.15, -0.1) is 0 Å². The van der Waals surface area contributed by atoms with Crippen LogP contribution in [-0.4, -0.2) is 56.1 Å². The zero-order chi connectivity index (χ0) is 18.6. The van der Waals surface area contributed by atoms with E-state index in [0.717, 1.165) is 37.4 Å². The minimum absolute atomic E-state index is 0.0579. The molecular formula is C18H29N5O2. The van der Waals surface area contributed by atoms with E-state index in [1.54, 1.807) is 0 Å². The SMILES string of the molecule is Cc1cc(N2CCN(C)CC2)ccc1NC(=O)[C@@H](NC(N)=O)C(C)C. The van der Waals surface area contributed by atoms with Crippen molar-refractivity contribution in [2.75, 3.05) is 43.4 Å². The molecule has 0 radical (unpaired) electrons. The topological polar surface area (TPSA) is 90.7 Å². The molecule has 7 heteroatoms. The molecule has 2 rings (SSSR count). The van der Waals surface area contributed by atoms with Crippen molar-refractivity contribution in [1.82, 2.24) is 10.2 Å². The molecule has 0 bridgehead atoms. The highest BCUT2D eigenvalue weighted by atomic mass is 16.2. The normalized spacial score (nSPS) is 16.6. The van der Waals surface area contributed by atoms with Gasteiger partial charge in [-0.2, -0.15) is 0 Å². The average Bonchev–Trinajstić information content (AvgIpc) is 2.54. The van der Waals surface area contributed by atoms with Crippen LogP contribution < -0.4 is 21.3 Å². The van der Waals surface area contributed by atoms with Gasteiger partial charge < -0.3 is 26.2 Å². The van der Waals surface area contributed by atoms with Gasteiger partial charge in [-0.05, 0) is 43.7 Å². The molecule has 3 amide bonds. The number of anilines is 2. The molecule has 1 atom stereocenters. The maximum Gasteiger partial charge on any atom is 0.312 e. The molecule has 0 aromatic heterocycles. The van der Waals surface area contributed by atoms with E-state index in [2.05, 4.69) is 33.5 Å². The molecule has 0 saturated carbocycles. The number of carbonyl (C=O) groups is 2. The van der Waals surface area contributed by atoms with Crippen LogP contribution in [0.25, 0.3) is 0 Å². The van der Waals surface area contributed by atoms with Crippen LogP contribution in [0.4, 0.5) is 16.2 Å². The van der Waals surface area contributed by atoms with E-state index in [9.17, 15) is 9.59 Å². The fraction of sp³-hybridized carbons (Fsp3) is 0.556. The van der Waals surface area contributed by atoms with Gasteiger partial charge in [0, 0.05) is 37.6 Å². The Morgan fingerprint density at radius 2 is 1.80 bits per heavy atom. The number of aryl methyl sites for hydroxylation is 1. The molecule has 0 spiro atoms. The Bertz CT molecular complexity index is 624.